The molecule has 0 unspecified atom stereocenters. The molecule has 106 valence electrons. The van der Waals surface area contributed by atoms with Gasteiger partial charge in [0, 0.05) is 17.4 Å². The number of hydrogen-bond donors (Lipinski definition) is 1. The van der Waals surface area contributed by atoms with E-state index in [0.29, 0.717) is 19.4 Å². The quantitative estimate of drug-likeness (QED) is 0.727. The van der Waals surface area contributed by atoms with E-state index in [1.54, 1.807) is 11.3 Å². The Labute approximate surface area is 127 Å². The lowest BCUT2D eigenvalue weighted by Gasteiger charge is -2.08. The number of carbonyl (C=O) groups is 1. The second kappa shape index (κ2) is 6.16. The van der Waals surface area contributed by atoms with Crippen LogP contribution in [0, 0.1) is 0 Å². The first-order valence-electron chi connectivity index (χ1n) is 6.96. The molecule has 0 bridgehead atoms. The van der Waals surface area contributed by atoms with Crippen LogP contribution in [-0.2, 0) is 0 Å². The number of thiophene rings is 1. The van der Waals surface area contributed by atoms with E-state index in [-0.39, 0.29) is 5.78 Å². The van der Waals surface area contributed by atoms with Crippen LogP contribution < -0.4 is 5.73 Å². The molecule has 21 heavy (non-hydrogen) atoms. The van der Waals surface area contributed by atoms with Crippen molar-refractivity contribution in [3.8, 4) is 10.6 Å². The van der Waals surface area contributed by atoms with E-state index in [1.807, 2.05) is 47.8 Å². The van der Waals surface area contributed by atoms with Crippen LogP contribution in [0.1, 0.15) is 23.2 Å². The summed E-state index contributed by atoms with van der Waals surface area (Å²) in [6, 6.07) is 13.7. The van der Waals surface area contributed by atoms with Crippen molar-refractivity contribution in [2.45, 2.75) is 12.8 Å². The number of hydrogen-bond acceptors (Lipinski definition) is 4. The van der Waals surface area contributed by atoms with Gasteiger partial charge >= 0.3 is 0 Å². The molecule has 2 aromatic heterocycles. The van der Waals surface area contributed by atoms with E-state index in [1.165, 1.54) is 0 Å². The molecule has 0 aliphatic carbocycles. The van der Waals surface area contributed by atoms with Gasteiger partial charge in [0.25, 0.3) is 0 Å². The zero-order valence-corrected chi connectivity index (χ0v) is 12.4. The lowest BCUT2D eigenvalue weighted by Crippen LogP contribution is -2.06. The van der Waals surface area contributed by atoms with E-state index in [4.69, 9.17) is 5.73 Å². The summed E-state index contributed by atoms with van der Waals surface area (Å²) in [7, 11) is 0. The number of ketones is 1. The summed E-state index contributed by atoms with van der Waals surface area (Å²) >= 11 is 1.63. The van der Waals surface area contributed by atoms with Gasteiger partial charge in [-0.05, 0) is 36.5 Å². The van der Waals surface area contributed by atoms with Crippen molar-refractivity contribution >= 4 is 28.0 Å². The van der Waals surface area contributed by atoms with E-state index >= 15 is 0 Å². The third kappa shape index (κ3) is 2.86. The summed E-state index contributed by atoms with van der Waals surface area (Å²) in [5.74, 6) is 0.136. The topological polar surface area (TPSA) is 56.0 Å². The highest BCUT2D eigenvalue weighted by atomic mass is 32.1. The molecule has 1 aromatic carbocycles. The molecule has 4 heteroatoms. The highest BCUT2D eigenvalue weighted by Crippen LogP contribution is 2.28. The van der Waals surface area contributed by atoms with Crippen molar-refractivity contribution in [1.29, 1.82) is 0 Å². The van der Waals surface area contributed by atoms with Crippen LogP contribution in [0.3, 0.4) is 0 Å². The van der Waals surface area contributed by atoms with Gasteiger partial charge in [0.15, 0.2) is 5.78 Å². The third-order valence-electron chi connectivity index (χ3n) is 3.40. The molecule has 0 amide bonds. The normalized spacial score (nSPS) is 10.9. The van der Waals surface area contributed by atoms with Gasteiger partial charge in [0.05, 0.1) is 16.1 Å². The number of benzene rings is 1. The molecule has 0 atom stereocenters. The van der Waals surface area contributed by atoms with Crippen molar-refractivity contribution < 1.29 is 4.79 Å². The lowest BCUT2D eigenvalue weighted by molar-refractivity contribution is 0.0982. The maximum Gasteiger partial charge on any atom is 0.163 e. The molecule has 2 N–H and O–H groups in total. The standard InChI is InChI=1S/C17H16N2OS/c18-9-3-7-16(20)13-11-15(17-8-4-10-21-17)19-14-6-2-1-5-12(13)14/h1-2,4-6,8,10-11H,3,7,9,18H2. The molecule has 3 nitrogen and oxygen atoms in total. The SMILES string of the molecule is NCCCC(=O)c1cc(-c2cccs2)nc2ccccc12. The van der Waals surface area contributed by atoms with Crippen LogP contribution in [0.25, 0.3) is 21.5 Å². The number of rotatable bonds is 5. The summed E-state index contributed by atoms with van der Waals surface area (Å²) in [6.45, 7) is 0.534. The predicted molar refractivity (Wildman–Crippen MR) is 87.7 cm³/mol. The molecule has 0 aliphatic rings. The Kier molecular flexibility index (Phi) is 4.08. The van der Waals surface area contributed by atoms with Gasteiger partial charge < -0.3 is 5.73 Å². The van der Waals surface area contributed by atoms with Crippen molar-refractivity contribution in [1.82, 2.24) is 4.98 Å². The van der Waals surface area contributed by atoms with Crippen LogP contribution in [0.5, 0.6) is 0 Å². The Hall–Kier alpha value is -2.04. The van der Waals surface area contributed by atoms with Crippen molar-refractivity contribution in [3.05, 3.63) is 53.4 Å². The van der Waals surface area contributed by atoms with E-state index in [9.17, 15) is 4.79 Å². The Balaban J connectivity index is 2.14. The number of fused-ring (bicyclic) bond motifs is 1. The minimum atomic E-state index is 0.136. The Bertz CT molecular complexity index is 766. The number of pyridine rings is 1. The largest absolute Gasteiger partial charge is 0.330 e. The van der Waals surface area contributed by atoms with Gasteiger partial charge in [-0.25, -0.2) is 4.98 Å². The number of carbonyl (C=O) groups excluding carboxylic acids is 1. The van der Waals surface area contributed by atoms with Gasteiger partial charge in [0.1, 0.15) is 0 Å². The average molecular weight is 296 g/mol. The first kappa shape index (κ1) is 13.9. The van der Waals surface area contributed by atoms with Crippen LogP contribution in [0.15, 0.2) is 47.8 Å². The second-order valence-electron chi connectivity index (χ2n) is 4.86. The number of nitrogens with zero attached hydrogens (tertiary/aromatic N) is 1. The number of nitrogens with two attached hydrogens (primary N) is 1. The Morgan fingerprint density at radius 2 is 2.05 bits per heavy atom. The fourth-order valence-electron chi connectivity index (χ4n) is 2.35. The first-order chi connectivity index (χ1) is 10.3. The maximum absolute atomic E-state index is 12.5. The van der Waals surface area contributed by atoms with Crippen LogP contribution in [0.4, 0.5) is 0 Å². The molecule has 3 aromatic rings. The molecule has 0 fully saturated rings. The summed E-state index contributed by atoms with van der Waals surface area (Å²) in [6.07, 6.45) is 1.19. The van der Waals surface area contributed by atoms with Gasteiger partial charge in [-0.1, -0.05) is 24.3 Å². The molecule has 0 saturated heterocycles. The zero-order chi connectivity index (χ0) is 14.7. The van der Waals surface area contributed by atoms with Crippen molar-refractivity contribution in [3.63, 3.8) is 0 Å². The second-order valence-corrected chi connectivity index (χ2v) is 5.81. The molecular weight excluding hydrogens is 280 g/mol. The minimum absolute atomic E-state index is 0.136. The van der Waals surface area contributed by atoms with Crippen LogP contribution in [-0.4, -0.2) is 17.3 Å². The van der Waals surface area contributed by atoms with Gasteiger partial charge in [0.2, 0.25) is 0 Å². The highest BCUT2D eigenvalue weighted by Gasteiger charge is 2.13. The van der Waals surface area contributed by atoms with Crippen LogP contribution in [0.2, 0.25) is 0 Å². The van der Waals surface area contributed by atoms with Gasteiger partial charge in [-0.2, -0.15) is 0 Å². The fourth-order valence-corrected chi connectivity index (χ4v) is 3.04. The maximum atomic E-state index is 12.5. The zero-order valence-electron chi connectivity index (χ0n) is 11.6. The van der Waals surface area contributed by atoms with Crippen LogP contribution >= 0.6 is 11.3 Å². The number of para-hydroxylation sites is 1. The predicted octanol–water partition coefficient (Wildman–Crippen LogP) is 3.88. The molecule has 0 spiro atoms. The Morgan fingerprint density at radius 3 is 2.81 bits per heavy atom. The van der Waals surface area contributed by atoms with E-state index < -0.39 is 0 Å². The van der Waals surface area contributed by atoms with E-state index in [0.717, 1.165) is 27.0 Å². The fraction of sp³-hybridized carbons (Fsp3) is 0.176. The number of Topliss-reactive ketones (excluding diaryl/α,β-unsaturated/α-hetero) is 1. The lowest BCUT2D eigenvalue weighted by atomic mass is 10.0. The minimum Gasteiger partial charge on any atom is -0.330 e. The summed E-state index contributed by atoms with van der Waals surface area (Å²) in [4.78, 5) is 18.2. The van der Waals surface area contributed by atoms with Crippen molar-refractivity contribution in [2.24, 2.45) is 5.73 Å². The van der Waals surface area contributed by atoms with Gasteiger partial charge in [-0.3, -0.25) is 4.79 Å². The smallest absolute Gasteiger partial charge is 0.163 e. The molecule has 0 aliphatic heterocycles. The summed E-state index contributed by atoms with van der Waals surface area (Å²) < 4.78 is 0. The first-order valence-corrected chi connectivity index (χ1v) is 7.84. The molecule has 0 saturated carbocycles. The molecule has 0 radical (unpaired) electrons. The summed E-state index contributed by atoms with van der Waals surface area (Å²) in [5.41, 5.74) is 7.98. The van der Waals surface area contributed by atoms with E-state index in [2.05, 4.69) is 4.98 Å². The average Bonchev–Trinajstić information content (AvgIpc) is 3.06. The third-order valence-corrected chi connectivity index (χ3v) is 4.29. The molecule has 2 heterocycles. The monoisotopic (exact) mass is 296 g/mol. The highest BCUT2D eigenvalue weighted by molar-refractivity contribution is 7.13. The number of aromatic nitrogens is 1. The Morgan fingerprint density at radius 1 is 1.19 bits per heavy atom. The van der Waals surface area contributed by atoms with Gasteiger partial charge in [-0.15, -0.1) is 11.3 Å². The molecular formula is C17H16N2OS. The molecule has 3 rings (SSSR count). The van der Waals surface area contributed by atoms with Crippen molar-refractivity contribution in [2.75, 3.05) is 6.54 Å². The summed E-state index contributed by atoms with van der Waals surface area (Å²) in [5, 5.41) is 2.93.